The van der Waals surface area contributed by atoms with Gasteiger partial charge in [0.25, 0.3) is 0 Å². The van der Waals surface area contributed by atoms with Crippen LogP contribution in [0.25, 0.3) is 0 Å². The average Bonchev–Trinajstić information content (AvgIpc) is 3.50. The summed E-state index contributed by atoms with van der Waals surface area (Å²) in [7, 11) is 0. The van der Waals surface area contributed by atoms with Crippen LogP contribution in [0.1, 0.15) is 17.5 Å². The van der Waals surface area contributed by atoms with E-state index in [4.69, 9.17) is 0 Å². The fourth-order valence-electron chi connectivity index (χ4n) is 4.97. The highest BCUT2D eigenvalue weighted by Gasteiger charge is 2.59. The molecule has 1 saturated carbocycles. The van der Waals surface area contributed by atoms with Crippen molar-refractivity contribution in [2.75, 3.05) is 6.54 Å². The van der Waals surface area contributed by atoms with E-state index < -0.39 is 0 Å². The molecule has 7 nitrogen and oxygen atoms in total. The van der Waals surface area contributed by atoms with Crippen molar-refractivity contribution in [3.63, 3.8) is 0 Å². The maximum absolute atomic E-state index is 12.7. The molecule has 5 rings (SSSR count). The van der Waals surface area contributed by atoms with E-state index in [0.717, 1.165) is 22.4 Å². The van der Waals surface area contributed by atoms with Crippen LogP contribution in [0.2, 0.25) is 0 Å². The fraction of sp³-hybridized carbons (Fsp3) is 0.364. The number of fused-ring (bicyclic) bond motifs is 5. The predicted molar refractivity (Wildman–Crippen MR) is 104 cm³/mol. The number of likely N-dealkylation sites (tertiary alicyclic amines) is 1. The summed E-state index contributed by atoms with van der Waals surface area (Å²) in [6, 6.07) is 9.70. The highest BCUT2D eigenvalue weighted by Crippen LogP contribution is 2.52. The van der Waals surface area contributed by atoms with Gasteiger partial charge in [-0.15, -0.1) is 0 Å². The van der Waals surface area contributed by atoms with Gasteiger partial charge in [0.15, 0.2) is 0 Å². The van der Waals surface area contributed by atoms with Gasteiger partial charge in [-0.05, 0) is 35.4 Å². The number of benzene rings is 1. The lowest BCUT2D eigenvalue weighted by Gasteiger charge is -2.17. The molecule has 2 fully saturated rings. The summed E-state index contributed by atoms with van der Waals surface area (Å²) < 4.78 is 1.82. The number of carbonyl (C=O) groups excluding carboxylic acids is 3. The molecule has 2 aromatic rings. The molecule has 148 valence electrons. The van der Waals surface area contributed by atoms with E-state index in [0.29, 0.717) is 13.1 Å². The van der Waals surface area contributed by atoms with E-state index in [1.54, 1.807) is 6.20 Å². The first-order chi connectivity index (χ1) is 14.1. The Kier molecular flexibility index (Phi) is 4.30. The van der Waals surface area contributed by atoms with Crippen molar-refractivity contribution in [1.82, 2.24) is 20.0 Å². The number of hydrogen-bond acceptors (Lipinski definition) is 4. The number of hydrogen-bond donors (Lipinski definition) is 1. The zero-order chi connectivity index (χ0) is 20.0. The highest BCUT2D eigenvalue weighted by atomic mass is 16.2. The summed E-state index contributed by atoms with van der Waals surface area (Å²) in [5, 5.41) is 7.08. The molecule has 4 atom stereocenters. The minimum Gasteiger partial charge on any atom is -0.350 e. The van der Waals surface area contributed by atoms with Gasteiger partial charge in [0.05, 0.1) is 18.4 Å². The van der Waals surface area contributed by atoms with Crippen molar-refractivity contribution in [3.05, 3.63) is 66.0 Å². The summed E-state index contributed by atoms with van der Waals surface area (Å²) in [5.74, 6) is -0.911. The van der Waals surface area contributed by atoms with Gasteiger partial charge < -0.3 is 5.32 Å². The van der Waals surface area contributed by atoms with E-state index in [1.807, 2.05) is 41.2 Å². The van der Waals surface area contributed by atoms with Gasteiger partial charge in [-0.2, -0.15) is 5.10 Å². The van der Waals surface area contributed by atoms with E-state index in [1.165, 1.54) is 0 Å². The van der Waals surface area contributed by atoms with Crippen LogP contribution < -0.4 is 5.32 Å². The molecule has 7 heteroatoms. The molecular formula is C22H22N4O3. The first kappa shape index (κ1) is 17.8. The van der Waals surface area contributed by atoms with Crippen molar-refractivity contribution in [1.29, 1.82) is 0 Å². The Morgan fingerprint density at radius 1 is 1.03 bits per heavy atom. The summed E-state index contributed by atoms with van der Waals surface area (Å²) in [5.41, 5.74) is 2.04. The third-order valence-corrected chi connectivity index (χ3v) is 6.35. The molecule has 1 aromatic carbocycles. The molecule has 1 saturated heterocycles. The molecule has 2 heterocycles. The Balaban J connectivity index is 1.22. The highest BCUT2D eigenvalue weighted by molar-refractivity contribution is 6.08. The Morgan fingerprint density at radius 3 is 2.38 bits per heavy atom. The van der Waals surface area contributed by atoms with Crippen molar-refractivity contribution in [2.24, 2.45) is 23.7 Å². The van der Waals surface area contributed by atoms with Crippen molar-refractivity contribution in [3.8, 4) is 0 Å². The Morgan fingerprint density at radius 2 is 1.72 bits per heavy atom. The Bertz CT molecular complexity index is 967. The maximum atomic E-state index is 12.7. The number of aromatic nitrogens is 2. The molecule has 3 amide bonds. The third kappa shape index (κ3) is 3.06. The lowest BCUT2D eigenvalue weighted by molar-refractivity contribution is -0.144. The van der Waals surface area contributed by atoms with Gasteiger partial charge >= 0.3 is 0 Å². The first-order valence-electron chi connectivity index (χ1n) is 9.96. The van der Waals surface area contributed by atoms with Gasteiger partial charge in [-0.1, -0.05) is 36.4 Å². The van der Waals surface area contributed by atoms with Crippen LogP contribution in [-0.2, 0) is 27.5 Å². The number of carbonyl (C=O) groups is 3. The minimum atomic E-state index is -0.319. The Hall–Kier alpha value is -3.22. The molecule has 0 radical (unpaired) electrons. The van der Waals surface area contributed by atoms with Crippen molar-refractivity contribution in [2.45, 2.75) is 19.5 Å². The zero-order valence-corrected chi connectivity index (χ0v) is 15.9. The third-order valence-electron chi connectivity index (χ3n) is 6.35. The van der Waals surface area contributed by atoms with Gasteiger partial charge in [0, 0.05) is 18.9 Å². The zero-order valence-electron chi connectivity index (χ0n) is 15.9. The second-order valence-electron chi connectivity index (χ2n) is 8.01. The standard InChI is InChI=1S/C22H22N4O3/c27-18(13-26-21(28)19-14-6-7-15(10-14)20(19)22(26)29)23-11-16-4-1-2-5-17(16)12-25-9-3-8-24-25/h1-9,14-15,19-20H,10-13H2,(H,23,27). The second-order valence-corrected chi connectivity index (χ2v) is 8.01. The minimum absolute atomic E-state index is 0.156. The van der Waals surface area contributed by atoms with Gasteiger partial charge in [-0.25, -0.2) is 0 Å². The maximum Gasteiger partial charge on any atom is 0.240 e. The van der Waals surface area contributed by atoms with Crippen LogP contribution in [0.4, 0.5) is 0 Å². The van der Waals surface area contributed by atoms with E-state index in [2.05, 4.69) is 22.6 Å². The number of imide groups is 1. The van der Waals surface area contributed by atoms with E-state index in [-0.39, 0.29) is 47.9 Å². The molecule has 0 spiro atoms. The smallest absolute Gasteiger partial charge is 0.240 e. The lowest BCUT2D eigenvalue weighted by Crippen LogP contribution is -2.41. The molecule has 4 unspecified atom stereocenters. The van der Waals surface area contributed by atoms with Crippen molar-refractivity contribution >= 4 is 17.7 Å². The molecule has 1 aromatic heterocycles. The summed E-state index contributed by atoms with van der Waals surface area (Å²) in [4.78, 5) is 39.1. The molecule has 29 heavy (non-hydrogen) atoms. The van der Waals surface area contributed by atoms with Crippen LogP contribution in [0, 0.1) is 23.7 Å². The molecule has 2 aliphatic carbocycles. The van der Waals surface area contributed by atoms with Crippen molar-refractivity contribution < 1.29 is 14.4 Å². The van der Waals surface area contributed by atoms with Gasteiger partial charge in [0.1, 0.15) is 6.54 Å². The van der Waals surface area contributed by atoms with Gasteiger partial charge in [-0.3, -0.25) is 24.0 Å². The predicted octanol–water partition coefficient (Wildman–Crippen LogP) is 1.35. The monoisotopic (exact) mass is 390 g/mol. The molecule has 1 N–H and O–H groups in total. The fourth-order valence-corrected chi connectivity index (χ4v) is 4.97. The van der Waals surface area contributed by atoms with E-state index in [9.17, 15) is 14.4 Å². The number of nitrogens with zero attached hydrogens (tertiary/aromatic N) is 3. The number of nitrogens with one attached hydrogen (secondary N) is 1. The van der Waals surface area contributed by atoms with Gasteiger partial charge in [0.2, 0.25) is 17.7 Å². The summed E-state index contributed by atoms with van der Waals surface area (Å²) in [6.45, 7) is 0.749. The number of rotatable bonds is 6. The van der Waals surface area contributed by atoms with Crippen LogP contribution in [-0.4, -0.2) is 38.9 Å². The number of amides is 3. The quantitative estimate of drug-likeness (QED) is 0.596. The molecule has 1 aliphatic heterocycles. The lowest BCUT2D eigenvalue weighted by atomic mass is 9.85. The van der Waals surface area contributed by atoms with Crippen LogP contribution in [0.5, 0.6) is 0 Å². The Labute approximate surface area is 168 Å². The average molecular weight is 390 g/mol. The van der Waals surface area contributed by atoms with Crippen LogP contribution in [0.3, 0.4) is 0 Å². The van der Waals surface area contributed by atoms with E-state index >= 15 is 0 Å². The molecular weight excluding hydrogens is 368 g/mol. The summed E-state index contributed by atoms with van der Waals surface area (Å²) in [6.07, 6.45) is 8.61. The second kappa shape index (κ2) is 6.99. The van der Waals surface area contributed by atoms with Crippen LogP contribution >= 0.6 is 0 Å². The molecule has 3 aliphatic rings. The largest absolute Gasteiger partial charge is 0.350 e. The first-order valence-corrected chi connectivity index (χ1v) is 9.96. The normalized spacial score (nSPS) is 27.0. The van der Waals surface area contributed by atoms with Crippen LogP contribution in [0.15, 0.2) is 54.9 Å². The number of allylic oxidation sites excluding steroid dienone is 2. The topological polar surface area (TPSA) is 84.3 Å². The summed E-state index contributed by atoms with van der Waals surface area (Å²) >= 11 is 0. The SMILES string of the molecule is O=C(CN1C(=O)C2C3C=CC(C3)C2C1=O)NCc1ccccc1Cn1cccn1. The molecule has 2 bridgehead atoms.